The summed E-state index contributed by atoms with van der Waals surface area (Å²) in [6.45, 7) is 0. The number of fused-ring (bicyclic) bond motifs is 13. The maximum Gasteiger partial charge on any atom is 0.164 e. The first-order chi connectivity index (χ1) is 28.3. The Balaban J connectivity index is 1.13. The van der Waals surface area contributed by atoms with Crippen LogP contribution in [0.5, 0.6) is 11.5 Å². The molecule has 3 heterocycles. The van der Waals surface area contributed by atoms with E-state index in [9.17, 15) is 0 Å². The zero-order valence-electron chi connectivity index (χ0n) is 30.7. The molecule has 1 spiro atoms. The fraction of sp³-hybridized carbons (Fsp3) is 0.0192. The predicted octanol–water partition coefficient (Wildman–Crippen LogP) is 12.4. The molecule has 10 aromatic rings. The van der Waals surface area contributed by atoms with Crippen molar-refractivity contribution in [1.82, 2.24) is 19.5 Å². The summed E-state index contributed by atoms with van der Waals surface area (Å²) < 4.78 is 9.08. The summed E-state index contributed by atoms with van der Waals surface area (Å²) in [6.07, 6.45) is 0. The molecule has 266 valence electrons. The largest absolute Gasteiger partial charge is 0.457 e. The first-order valence-electron chi connectivity index (χ1n) is 19.3. The van der Waals surface area contributed by atoms with Gasteiger partial charge in [-0.1, -0.05) is 158 Å². The van der Waals surface area contributed by atoms with Gasteiger partial charge in [0.2, 0.25) is 0 Å². The lowest BCUT2D eigenvalue weighted by atomic mass is 9.65. The summed E-state index contributed by atoms with van der Waals surface area (Å²) in [5, 5.41) is 2.43. The number of benzene rings is 8. The van der Waals surface area contributed by atoms with Gasteiger partial charge in [-0.15, -0.1) is 0 Å². The van der Waals surface area contributed by atoms with Crippen LogP contribution in [-0.4, -0.2) is 19.5 Å². The molecule has 5 nitrogen and oxygen atoms in total. The van der Waals surface area contributed by atoms with Gasteiger partial charge in [0, 0.05) is 44.3 Å². The van der Waals surface area contributed by atoms with E-state index in [1.807, 2.05) is 60.7 Å². The van der Waals surface area contributed by atoms with E-state index in [1.165, 1.54) is 33.0 Å². The Morgan fingerprint density at radius 1 is 0.404 bits per heavy atom. The molecular weight excluding hydrogens is 697 g/mol. The van der Waals surface area contributed by atoms with Gasteiger partial charge in [0.1, 0.15) is 11.5 Å². The third kappa shape index (κ3) is 4.54. The quantitative estimate of drug-likeness (QED) is 0.181. The van der Waals surface area contributed by atoms with E-state index < -0.39 is 5.41 Å². The van der Waals surface area contributed by atoms with Gasteiger partial charge in [-0.05, 0) is 58.7 Å². The van der Waals surface area contributed by atoms with Gasteiger partial charge >= 0.3 is 0 Å². The van der Waals surface area contributed by atoms with Crippen molar-refractivity contribution in [2.75, 3.05) is 0 Å². The number of nitrogens with zero attached hydrogens (tertiary/aromatic N) is 4. The summed E-state index contributed by atoms with van der Waals surface area (Å²) in [5.74, 6) is 3.66. The summed E-state index contributed by atoms with van der Waals surface area (Å²) >= 11 is 0. The lowest BCUT2D eigenvalue weighted by Gasteiger charge is -2.39. The van der Waals surface area contributed by atoms with E-state index in [0.717, 1.165) is 56.0 Å². The van der Waals surface area contributed by atoms with Gasteiger partial charge in [0.25, 0.3) is 0 Å². The van der Waals surface area contributed by atoms with Crippen LogP contribution in [-0.2, 0) is 5.41 Å². The highest BCUT2D eigenvalue weighted by Crippen LogP contribution is 2.64. The average molecular weight is 729 g/mol. The van der Waals surface area contributed by atoms with Crippen LogP contribution < -0.4 is 4.74 Å². The number of ether oxygens (including phenoxy) is 1. The average Bonchev–Trinajstić information content (AvgIpc) is 3.78. The van der Waals surface area contributed by atoms with Gasteiger partial charge in [-0.25, -0.2) is 15.0 Å². The molecule has 2 aliphatic rings. The second-order valence-electron chi connectivity index (χ2n) is 14.7. The fourth-order valence-electron chi connectivity index (χ4n) is 9.41. The first-order valence-corrected chi connectivity index (χ1v) is 19.3. The third-order valence-corrected chi connectivity index (χ3v) is 11.7. The van der Waals surface area contributed by atoms with Gasteiger partial charge < -0.3 is 9.30 Å². The standard InChI is InChI=1S/C52H32N4O/c1-3-16-33(17-4-1)49-53-50(34-18-5-2-6-19-34)55-51(54-49)35-20-15-21-36(32-35)56-43-27-12-8-23-39(43)47-44(56)31-30-38-37-22-7-9-24-40(37)52(48(38)47)41-25-10-13-28-45(41)57-46-29-14-11-26-42(46)52/h1-32H. The van der Waals surface area contributed by atoms with Crippen molar-refractivity contribution in [3.8, 4) is 62.5 Å². The Bertz CT molecular complexity index is 3120. The molecule has 12 rings (SSSR count). The molecule has 0 saturated carbocycles. The SMILES string of the molecule is c1ccc(-c2nc(-c3ccccc3)nc(-c3cccc(-n4c5ccccc5c5c6c(ccc54)-c4ccccc4C64c5ccccc5Oc5ccccc54)c3)n2)cc1. The van der Waals surface area contributed by atoms with Crippen LogP contribution in [0.4, 0.5) is 0 Å². The normalized spacial score (nSPS) is 13.2. The minimum absolute atomic E-state index is 0.597. The van der Waals surface area contributed by atoms with E-state index in [1.54, 1.807) is 0 Å². The second kappa shape index (κ2) is 12.2. The van der Waals surface area contributed by atoms with Crippen molar-refractivity contribution in [3.63, 3.8) is 0 Å². The predicted molar refractivity (Wildman–Crippen MR) is 228 cm³/mol. The van der Waals surface area contributed by atoms with E-state index in [2.05, 4.69) is 138 Å². The van der Waals surface area contributed by atoms with E-state index in [0.29, 0.717) is 17.5 Å². The summed E-state index contributed by atoms with van der Waals surface area (Å²) in [4.78, 5) is 15.1. The van der Waals surface area contributed by atoms with Crippen molar-refractivity contribution < 1.29 is 4.74 Å². The summed E-state index contributed by atoms with van der Waals surface area (Å²) in [7, 11) is 0. The van der Waals surface area contributed by atoms with Crippen molar-refractivity contribution in [1.29, 1.82) is 0 Å². The highest BCUT2D eigenvalue weighted by atomic mass is 16.5. The molecule has 0 unspecified atom stereocenters. The smallest absolute Gasteiger partial charge is 0.164 e. The van der Waals surface area contributed by atoms with E-state index in [4.69, 9.17) is 19.7 Å². The number of hydrogen-bond donors (Lipinski definition) is 0. The summed E-state index contributed by atoms with van der Waals surface area (Å²) in [5.41, 5.74) is 12.8. The highest BCUT2D eigenvalue weighted by molar-refractivity contribution is 6.15. The Labute approximate surface area is 329 Å². The molecule has 0 amide bonds. The molecule has 0 radical (unpaired) electrons. The molecular formula is C52H32N4O. The lowest BCUT2D eigenvalue weighted by Crippen LogP contribution is -2.32. The van der Waals surface area contributed by atoms with Gasteiger partial charge in [0.15, 0.2) is 17.5 Å². The zero-order chi connectivity index (χ0) is 37.5. The molecule has 2 aromatic heterocycles. The number of hydrogen-bond acceptors (Lipinski definition) is 4. The molecule has 1 aliphatic heterocycles. The lowest BCUT2D eigenvalue weighted by molar-refractivity contribution is 0.437. The van der Waals surface area contributed by atoms with Crippen molar-refractivity contribution in [2.24, 2.45) is 0 Å². The molecule has 0 fully saturated rings. The van der Waals surface area contributed by atoms with Crippen LogP contribution in [0, 0.1) is 0 Å². The monoisotopic (exact) mass is 728 g/mol. The van der Waals surface area contributed by atoms with E-state index >= 15 is 0 Å². The topological polar surface area (TPSA) is 52.8 Å². The maximum absolute atomic E-state index is 6.68. The fourth-order valence-corrected chi connectivity index (χ4v) is 9.41. The first kappa shape index (κ1) is 31.7. The number of para-hydroxylation sites is 3. The Morgan fingerprint density at radius 2 is 0.947 bits per heavy atom. The molecule has 57 heavy (non-hydrogen) atoms. The van der Waals surface area contributed by atoms with Crippen molar-refractivity contribution in [3.05, 3.63) is 216 Å². The Hall–Kier alpha value is -7.63. The van der Waals surface area contributed by atoms with E-state index in [-0.39, 0.29) is 0 Å². The maximum atomic E-state index is 6.68. The van der Waals surface area contributed by atoms with Crippen LogP contribution in [0.25, 0.3) is 72.8 Å². The minimum Gasteiger partial charge on any atom is -0.457 e. The summed E-state index contributed by atoms with van der Waals surface area (Å²) in [6, 6.07) is 68.3. The van der Waals surface area contributed by atoms with Crippen LogP contribution in [0.15, 0.2) is 194 Å². The molecule has 8 aromatic carbocycles. The Morgan fingerprint density at radius 3 is 1.63 bits per heavy atom. The number of rotatable bonds is 4. The van der Waals surface area contributed by atoms with Crippen LogP contribution in [0.2, 0.25) is 0 Å². The molecule has 0 N–H and O–H groups in total. The zero-order valence-corrected chi connectivity index (χ0v) is 30.7. The Kier molecular flexibility index (Phi) is 6.78. The van der Waals surface area contributed by atoms with Gasteiger partial charge in [-0.3, -0.25) is 0 Å². The molecule has 5 heteroatoms. The molecule has 0 saturated heterocycles. The van der Waals surface area contributed by atoms with Crippen molar-refractivity contribution in [2.45, 2.75) is 5.41 Å². The van der Waals surface area contributed by atoms with Crippen LogP contribution in [0.3, 0.4) is 0 Å². The number of aromatic nitrogens is 4. The van der Waals surface area contributed by atoms with Crippen molar-refractivity contribution >= 4 is 21.8 Å². The second-order valence-corrected chi connectivity index (χ2v) is 14.7. The molecule has 0 bridgehead atoms. The van der Waals surface area contributed by atoms with Gasteiger partial charge in [0.05, 0.1) is 16.4 Å². The van der Waals surface area contributed by atoms with Gasteiger partial charge in [-0.2, -0.15) is 0 Å². The molecule has 1 aliphatic carbocycles. The minimum atomic E-state index is -0.597. The highest BCUT2D eigenvalue weighted by Gasteiger charge is 2.52. The third-order valence-electron chi connectivity index (χ3n) is 11.7. The molecule has 0 atom stereocenters. The van der Waals surface area contributed by atoms with Crippen LogP contribution in [0.1, 0.15) is 22.3 Å². The van der Waals surface area contributed by atoms with Crippen LogP contribution >= 0.6 is 0 Å².